The molecular weight excluding hydrogens is 2230 g/mol. The average Bonchev–Trinajstić information content (AvgIpc) is 1.63. The Hall–Kier alpha value is -6.47. The zero-order valence-corrected chi connectivity index (χ0v) is 90.3. The number of imidazole rings is 2. The van der Waals surface area contributed by atoms with Crippen LogP contribution in [-0.4, -0.2) is 253 Å². The third-order valence-corrected chi connectivity index (χ3v) is 35.5. The van der Waals surface area contributed by atoms with Crippen molar-refractivity contribution in [2.24, 2.45) is 0 Å². The number of nitrogens with one attached hydrogen (secondary N) is 3. The van der Waals surface area contributed by atoms with Gasteiger partial charge in [-0.15, -0.1) is 0 Å². The number of nitrogen functional groups attached to an aromatic ring is 4. The summed E-state index contributed by atoms with van der Waals surface area (Å²) in [6.45, 7) is -24.9. The van der Waals surface area contributed by atoms with E-state index in [1.807, 2.05) is 6.92 Å². The number of ether oxygens (including phenoxy) is 7. The highest BCUT2D eigenvalue weighted by Gasteiger charge is 2.52. The highest BCUT2D eigenvalue weighted by atomic mass is 32.5. The van der Waals surface area contributed by atoms with Gasteiger partial charge in [-0.25, -0.2) is 53.9 Å². The van der Waals surface area contributed by atoms with Crippen LogP contribution in [-0.2, 0) is 179 Å². The fraction of sp³-hybridized carbons (Fsp3) is 0.600. The van der Waals surface area contributed by atoms with Crippen molar-refractivity contribution in [3.63, 3.8) is 0 Å². The first-order valence-electron chi connectivity index (χ1n) is 45.0. The fourth-order valence-corrected chi connectivity index (χ4v) is 27.5. The van der Waals surface area contributed by atoms with E-state index in [1.165, 1.54) is 79.9 Å². The topological polar surface area (TPSA) is 761 Å². The van der Waals surface area contributed by atoms with E-state index in [2.05, 4.69) is 54.8 Å². The van der Waals surface area contributed by atoms with Crippen LogP contribution in [0, 0.1) is 34.6 Å². The minimum Gasteiger partial charge on any atom is -0.383 e. The van der Waals surface area contributed by atoms with E-state index >= 15 is 0 Å². The molecule has 18 N–H and O–H groups in total. The lowest BCUT2D eigenvalue weighted by atomic mass is 10.1. The maximum atomic E-state index is 13.6. The minimum atomic E-state index is -4.78. The Morgan fingerprint density at radius 1 is 0.327 bits per heavy atom. The summed E-state index contributed by atoms with van der Waals surface area (Å²) < 4.78 is 138. The first kappa shape index (κ1) is 113. The molecule has 0 bridgehead atoms. The lowest BCUT2D eigenvalue weighted by Gasteiger charge is -2.29. The number of anilines is 4. The predicted molar refractivity (Wildman–Crippen MR) is 539 cm³/mol. The number of hydrogen-bond donors (Lipinski definition) is 14. The summed E-state index contributed by atoms with van der Waals surface area (Å²) in [6, 6.07) is 0. The summed E-state index contributed by atoms with van der Waals surface area (Å²) in [5.74, 6) is -0.00144. The van der Waals surface area contributed by atoms with Gasteiger partial charge in [-0.05, 0) is 130 Å². The van der Waals surface area contributed by atoms with Crippen LogP contribution < -0.4 is 68.1 Å². The van der Waals surface area contributed by atoms with Gasteiger partial charge < -0.3 is 154 Å². The van der Waals surface area contributed by atoms with Crippen molar-refractivity contribution in [1.82, 2.24) is 86.8 Å². The first-order chi connectivity index (χ1) is 69.3. The molecule has 28 atom stereocenters. The second kappa shape index (κ2) is 46.3. The van der Waals surface area contributed by atoms with Crippen LogP contribution >= 0.6 is 47.0 Å². The molecule has 9 aromatic heterocycles. The third kappa shape index (κ3) is 27.4. The summed E-state index contributed by atoms with van der Waals surface area (Å²) in [4.78, 5) is 229. The molecule has 16 heterocycles. The molecule has 0 radical (unpaired) electrons. The molecule has 147 heavy (non-hydrogen) atoms. The Morgan fingerprint density at radius 2 is 0.565 bits per heavy atom. The molecule has 9 aromatic rings. The number of aromatic amines is 3. The number of aromatic nitrogens is 18. The molecule has 72 heteroatoms. The third-order valence-electron chi connectivity index (χ3n) is 24.3. The van der Waals surface area contributed by atoms with Crippen LogP contribution in [0.4, 0.5) is 23.3 Å². The molecule has 16 rings (SSSR count). The predicted octanol–water partition coefficient (Wildman–Crippen LogP) is 2.25. The van der Waals surface area contributed by atoms with Gasteiger partial charge in [0.25, 0.3) is 16.7 Å². The van der Waals surface area contributed by atoms with E-state index in [1.54, 1.807) is 25.3 Å². The molecule has 7 fully saturated rings. The fourth-order valence-electron chi connectivity index (χ4n) is 17.1. The zero-order chi connectivity index (χ0) is 106. The van der Waals surface area contributed by atoms with Gasteiger partial charge in [0.05, 0.1) is 108 Å². The second-order valence-electron chi connectivity index (χ2n) is 34.8. The standard InChI is InChI=1S/C75H103N22O36P7S7/c1-8-10-39-40(12-53(120-39)91-19-34(3)62(76)86-71(91)101)127-135(107,142)114-24-48-42(14-55(122-48)93-21-36(5)68(98)88-73(93)103)130-136(108,143)115-26-49-43(15-56(123-49)94-22-37(6)69(99)89-74(94)104)131-137(109,144)116-27-50-44(16-57(124-50)95-23-38(7)70(100)90-75(95)105)132-139(111,146)119-29-52-46(18-59(126-52)97-33-85-61-65(79)81-31-83-67(61)97)133-140(112,147)117-25-47-41(13-54(121-47)92-20-35(4)63(77)87-72(92)102)129-138(110,145)118-28-51-45(128-134(106,141)113-11-9-2)17-58(125-51)96-32-84-60-64(78)80-30-82-66(60)96/h19-23,30-33,39-59H,8-18,24-29H2,1-7H3,(H,106,141)(H,107,142)(H,108,143)(H,109,144)(H,110,145)(H,111,146)(H,112,147)(H2,76,86,101)(H2,77,87,102)(H2,78,80,82)(H2,79,81,83)(H,88,98,103)(H,89,99,104)(H,90,100,105)/t39-,40?,41?,42?,43?,44?,45?,46?,47-,48-,49-,50-,51-,52-,53-,54-,55-,56-,57-,58-,59-,134?,135?,136?,137?,138?,139?,140?/m1/s1. The molecule has 0 aliphatic carbocycles. The number of hydrogen-bond acceptors (Lipinski definition) is 48. The number of rotatable bonds is 44. The van der Waals surface area contributed by atoms with Gasteiger partial charge in [-0.1, -0.05) is 20.3 Å². The van der Waals surface area contributed by atoms with Crippen LogP contribution in [0.1, 0.15) is 149 Å². The highest BCUT2D eigenvalue weighted by molar-refractivity contribution is 8.09. The number of nitrogens with two attached hydrogens (primary N) is 4. The van der Waals surface area contributed by atoms with E-state index < -0.39 is 274 Å². The lowest BCUT2D eigenvalue weighted by molar-refractivity contribution is -0.0577. The molecule has 806 valence electrons. The van der Waals surface area contributed by atoms with E-state index in [4.69, 9.17) is 202 Å². The average molecular weight is 2330 g/mol. The van der Waals surface area contributed by atoms with Crippen LogP contribution in [0.25, 0.3) is 22.3 Å². The van der Waals surface area contributed by atoms with Crippen molar-refractivity contribution < 1.29 is 131 Å². The van der Waals surface area contributed by atoms with Gasteiger partial charge in [0.2, 0.25) is 0 Å². The molecule has 7 saturated heterocycles. The Bertz CT molecular complexity index is 7320. The van der Waals surface area contributed by atoms with Crippen molar-refractivity contribution in [3.05, 3.63) is 168 Å². The maximum absolute atomic E-state index is 13.6. The summed E-state index contributed by atoms with van der Waals surface area (Å²) in [6.07, 6.45) is -15.4. The molecule has 58 nitrogen and oxygen atoms in total. The lowest BCUT2D eigenvalue weighted by Crippen LogP contribution is -2.33. The molecule has 0 saturated carbocycles. The molecule has 7 aliphatic heterocycles. The summed E-state index contributed by atoms with van der Waals surface area (Å²) in [5.41, 5.74) is 19.4. The Kier molecular flexibility index (Phi) is 35.6. The zero-order valence-electron chi connectivity index (χ0n) is 78.3. The number of H-pyrrole nitrogens is 3. The Labute approximate surface area is 865 Å². The first-order valence-corrected chi connectivity index (χ1v) is 63.1. The monoisotopic (exact) mass is 2330 g/mol. The Morgan fingerprint density at radius 3 is 0.830 bits per heavy atom. The molecule has 7 aliphatic rings. The normalized spacial score (nSPS) is 29.3. The van der Waals surface area contributed by atoms with Gasteiger partial charge in [0.15, 0.2) is 22.9 Å². The van der Waals surface area contributed by atoms with E-state index in [9.17, 15) is 72.6 Å². The van der Waals surface area contributed by atoms with Crippen LogP contribution in [0.3, 0.4) is 0 Å². The van der Waals surface area contributed by atoms with Crippen molar-refractivity contribution in [1.29, 1.82) is 0 Å². The maximum Gasteiger partial charge on any atom is 0.351 e. The quantitative estimate of drug-likeness (QED) is 0.0244. The highest BCUT2D eigenvalue weighted by Crippen LogP contribution is 2.59. The number of fused-ring (bicyclic) bond motifs is 2. The summed E-state index contributed by atoms with van der Waals surface area (Å²) in [5, 5.41) is 0. The summed E-state index contributed by atoms with van der Waals surface area (Å²) >= 11 is 39.3. The summed E-state index contributed by atoms with van der Waals surface area (Å²) in [7, 11) is 0. The molecule has 0 aromatic carbocycles. The molecule has 0 amide bonds. The molecular formula is C75H103N22O36P7S7. The second-order valence-corrected chi connectivity index (χ2v) is 54.4. The SMILES string of the molecule is CCCOP(O)(=S)OC1C[C@H](n2cnc3c(N)ncnc32)O[C@@H]1COP(O)(=S)OC1C[C@H](n2cc(C)c(N)nc2=O)O[C@@H]1COP(O)(=S)OC1C[C@H](n2cnc3c(N)ncnc32)O[C@@H]1COP(O)(=S)OC1C[C@H](n2cc(C)c(=O)[nH]c2=O)O[C@@H]1COP(O)(=S)OC1C[C@H](n2cc(C)c(=O)[nH]c2=O)O[C@@H]1COP(O)(=S)OC1C[C@H](n2cc(C)c(=O)[nH]c2=O)O[C@@H]1COP(O)(=S)OC1C[C@H](n2cc(C)c(N)nc2=O)O[C@@H]1CCC. The number of nitrogens with zero attached hydrogens (tertiary/aromatic N) is 15. The van der Waals surface area contributed by atoms with E-state index in [-0.39, 0.29) is 101 Å². The van der Waals surface area contributed by atoms with E-state index in [0.717, 1.165) is 24.6 Å². The van der Waals surface area contributed by atoms with Crippen molar-refractivity contribution in [2.45, 2.75) is 242 Å². The van der Waals surface area contributed by atoms with Gasteiger partial charge in [0.1, 0.15) is 116 Å². The van der Waals surface area contributed by atoms with Crippen molar-refractivity contribution >= 4 is 175 Å². The van der Waals surface area contributed by atoms with Crippen LogP contribution in [0.5, 0.6) is 0 Å². The van der Waals surface area contributed by atoms with Crippen molar-refractivity contribution in [3.8, 4) is 0 Å². The van der Waals surface area contributed by atoms with Crippen LogP contribution in [0.15, 0.2) is 94.6 Å². The molecule has 0 spiro atoms. The van der Waals surface area contributed by atoms with E-state index in [0.29, 0.717) is 30.4 Å². The Balaban J connectivity index is 0.606. The van der Waals surface area contributed by atoms with Crippen LogP contribution in [0.2, 0.25) is 0 Å². The smallest absolute Gasteiger partial charge is 0.351 e. The van der Waals surface area contributed by atoms with Crippen molar-refractivity contribution in [2.75, 3.05) is 69.2 Å². The largest absolute Gasteiger partial charge is 0.383 e. The van der Waals surface area contributed by atoms with Gasteiger partial charge >= 0.3 is 75.5 Å². The minimum absolute atomic E-state index is 0.000242. The van der Waals surface area contributed by atoms with Gasteiger partial charge in [0, 0.05) is 104 Å². The van der Waals surface area contributed by atoms with Gasteiger partial charge in [-0.2, -0.15) is 9.97 Å². The number of aryl methyl sites for hydroxylation is 5. The van der Waals surface area contributed by atoms with Gasteiger partial charge in [-0.3, -0.25) is 61.3 Å². The molecule has 14 unspecified atom stereocenters.